The van der Waals surface area contributed by atoms with Crippen LogP contribution in [-0.2, 0) is 14.4 Å². The van der Waals surface area contributed by atoms with E-state index in [2.05, 4.69) is 40.7 Å². The number of carbonyl (C=O) groups excluding carboxylic acids is 1. The molecular formula is C29H53NO5S. The summed E-state index contributed by atoms with van der Waals surface area (Å²) in [5.74, 6) is 0.135. The molecule has 3 atom stereocenters. The van der Waals surface area contributed by atoms with Crippen molar-refractivity contribution in [2.75, 3.05) is 24.6 Å². The van der Waals surface area contributed by atoms with Crippen LogP contribution in [0.15, 0.2) is 11.6 Å². The van der Waals surface area contributed by atoms with Crippen LogP contribution in [0.1, 0.15) is 106 Å². The van der Waals surface area contributed by atoms with Gasteiger partial charge in [-0.05, 0) is 44.4 Å². The molecule has 0 bridgehead atoms. The van der Waals surface area contributed by atoms with Crippen LogP contribution in [0.5, 0.6) is 0 Å². The predicted octanol–water partition coefficient (Wildman–Crippen LogP) is 7.13. The Kier molecular flexibility index (Phi) is 19.7. The molecule has 7 heteroatoms. The molecule has 0 aliphatic rings. The summed E-state index contributed by atoms with van der Waals surface area (Å²) in [6.07, 6.45) is 13.5. The van der Waals surface area contributed by atoms with E-state index in [1.165, 1.54) is 73.6 Å². The average Bonchev–Trinajstić information content (AvgIpc) is 2.78. The first-order valence-corrected chi connectivity index (χ1v) is 15.1. The molecule has 0 saturated heterocycles. The van der Waals surface area contributed by atoms with Crippen LogP contribution in [0.3, 0.4) is 0 Å². The molecule has 0 aromatic carbocycles. The zero-order valence-corrected chi connectivity index (χ0v) is 24.6. The highest BCUT2D eigenvalue weighted by Gasteiger charge is 2.24. The van der Waals surface area contributed by atoms with E-state index >= 15 is 0 Å². The lowest BCUT2D eigenvalue weighted by Gasteiger charge is -2.20. The van der Waals surface area contributed by atoms with Gasteiger partial charge in [0.25, 0.3) is 0 Å². The Morgan fingerprint density at radius 2 is 1.44 bits per heavy atom. The normalized spacial score (nSPS) is 14.5. The van der Waals surface area contributed by atoms with Crippen molar-refractivity contribution < 1.29 is 24.6 Å². The summed E-state index contributed by atoms with van der Waals surface area (Å²) in [5.41, 5.74) is 1.33. The number of allylic oxidation sites excluding steroid dienone is 1. The monoisotopic (exact) mass is 527 g/mol. The lowest BCUT2D eigenvalue weighted by Crippen LogP contribution is -2.37. The predicted molar refractivity (Wildman–Crippen MR) is 151 cm³/mol. The van der Waals surface area contributed by atoms with E-state index < -0.39 is 30.3 Å². The second-order valence-electron chi connectivity index (χ2n) is 11.0. The highest BCUT2D eigenvalue weighted by Crippen LogP contribution is 2.22. The molecule has 1 amide bonds. The van der Waals surface area contributed by atoms with Crippen molar-refractivity contribution in [2.45, 2.75) is 106 Å². The van der Waals surface area contributed by atoms with E-state index in [9.17, 15) is 19.5 Å². The van der Waals surface area contributed by atoms with Crippen LogP contribution in [0.25, 0.3) is 0 Å². The van der Waals surface area contributed by atoms with Crippen molar-refractivity contribution in [3.63, 3.8) is 0 Å². The van der Waals surface area contributed by atoms with Gasteiger partial charge in [0.1, 0.15) is 6.54 Å². The van der Waals surface area contributed by atoms with Gasteiger partial charge in [-0.1, -0.05) is 84.3 Å². The molecule has 0 fully saturated rings. The van der Waals surface area contributed by atoms with Gasteiger partial charge in [0.2, 0.25) is 5.91 Å². The third-order valence-corrected chi connectivity index (χ3v) is 7.88. The number of nitrogens with zero attached hydrogens (tertiary/aromatic N) is 1. The fraction of sp³-hybridized carbons (Fsp3) is 0.828. The standard InChI is InChI=1S/C29H53NO5S/c1-7-30(20-28(32)33)27(31)19-26(29(34)35)21-36-18-17-25(6)16-10-15-24(5)14-9-13-23(4)12-8-11-22(2)3/h17,22-24,26H,7-16,18-21H2,1-6H3,(H,32,33)(H,34,35)/b25-17+. The summed E-state index contributed by atoms with van der Waals surface area (Å²) in [5, 5.41) is 18.4. The second-order valence-corrected chi connectivity index (χ2v) is 12.1. The first-order chi connectivity index (χ1) is 17.0. The Morgan fingerprint density at radius 1 is 0.889 bits per heavy atom. The van der Waals surface area contributed by atoms with Gasteiger partial charge in [-0.2, -0.15) is 11.8 Å². The Bertz CT molecular complexity index is 664. The minimum Gasteiger partial charge on any atom is -0.481 e. The number of carboxylic acids is 2. The number of carbonyl (C=O) groups is 3. The van der Waals surface area contributed by atoms with Gasteiger partial charge in [0.15, 0.2) is 0 Å². The Morgan fingerprint density at radius 3 is 1.94 bits per heavy atom. The lowest BCUT2D eigenvalue weighted by atomic mass is 9.91. The molecule has 2 N–H and O–H groups in total. The van der Waals surface area contributed by atoms with Gasteiger partial charge >= 0.3 is 11.9 Å². The summed E-state index contributed by atoms with van der Waals surface area (Å²) in [4.78, 5) is 35.9. The van der Waals surface area contributed by atoms with Gasteiger partial charge in [-0.3, -0.25) is 14.4 Å². The number of aliphatic carboxylic acids is 2. The van der Waals surface area contributed by atoms with Crippen LogP contribution in [0.2, 0.25) is 0 Å². The van der Waals surface area contributed by atoms with Crippen molar-refractivity contribution in [2.24, 2.45) is 23.7 Å². The summed E-state index contributed by atoms with van der Waals surface area (Å²) >= 11 is 1.51. The van der Waals surface area contributed by atoms with Crippen LogP contribution >= 0.6 is 11.8 Å². The zero-order chi connectivity index (χ0) is 27.5. The number of hydrogen-bond acceptors (Lipinski definition) is 4. The van der Waals surface area contributed by atoms with E-state index in [-0.39, 0.29) is 13.0 Å². The van der Waals surface area contributed by atoms with E-state index in [0.717, 1.165) is 29.9 Å². The smallest absolute Gasteiger partial charge is 0.323 e. The quantitative estimate of drug-likeness (QED) is 0.115. The van der Waals surface area contributed by atoms with Crippen LogP contribution in [-0.4, -0.2) is 57.6 Å². The van der Waals surface area contributed by atoms with Crippen LogP contribution < -0.4 is 0 Å². The average molecular weight is 528 g/mol. The van der Waals surface area contributed by atoms with E-state index in [1.54, 1.807) is 6.92 Å². The molecule has 210 valence electrons. The van der Waals surface area contributed by atoms with E-state index in [4.69, 9.17) is 5.11 Å². The van der Waals surface area contributed by atoms with E-state index in [1.807, 2.05) is 0 Å². The summed E-state index contributed by atoms with van der Waals surface area (Å²) in [7, 11) is 0. The molecule has 0 saturated carbocycles. The van der Waals surface area contributed by atoms with Gasteiger partial charge in [-0.15, -0.1) is 0 Å². The largest absolute Gasteiger partial charge is 0.481 e. The summed E-state index contributed by atoms with van der Waals surface area (Å²) < 4.78 is 0. The Labute approximate surface area is 224 Å². The molecule has 6 nitrogen and oxygen atoms in total. The van der Waals surface area contributed by atoms with Crippen LogP contribution in [0.4, 0.5) is 0 Å². The van der Waals surface area contributed by atoms with Gasteiger partial charge in [-0.25, -0.2) is 0 Å². The summed E-state index contributed by atoms with van der Waals surface area (Å²) in [6, 6.07) is 0. The maximum Gasteiger partial charge on any atom is 0.323 e. The van der Waals surface area contributed by atoms with Crippen LogP contribution in [0, 0.1) is 23.7 Å². The molecule has 0 spiro atoms. The highest BCUT2D eigenvalue weighted by atomic mass is 32.2. The number of rotatable bonds is 22. The minimum atomic E-state index is -1.09. The Hall–Kier alpha value is -1.50. The number of amides is 1. The topological polar surface area (TPSA) is 94.9 Å². The molecule has 0 aliphatic carbocycles. The first kappa shape index (κ1) is 34.5. The zero-order valence-electron chi connectivity index (χ0n) is 23.8. The number of carboxylic acid groups (broad SMARTS) is 2. The summed E-state index contributed by atoms with van der Waals surface area (Å²) in [6.45, 7) is 13.0. The minimum absolute atomic E-state index is 0.166. The second kappa shape index (κ2) is 20.5. The SMILES string of the molecule is CCN(CC(=O)O)C(=O)CC(CSC/C=C(\C)CCCC(C)CCCC(C)CCCC(C)C)C(=O)O. The maximum atomic E-state index is 12.3. The van der Waals surface area contributed by atoms with Crippen molar-refractivity contribution in [3.8, 4) is 0 Å². The van der Waals surface area contributed by atoms with Crippen molar-refractivity contribution >= 4 is 29.6 Å². The lowest BCUT2D eigenvalue weighted by molar-refractivity contribution is -0.147. The molecule has 0 aromatic heterocycles. The molecule has 0 heterocycles. The fourth-order valence-electron chi connectivity index (χ4n) is 4.32. The molecular weight excluding hydrogens is 474 g/mol. The fourth-order valence-corrected chi connectivity index (χ4v) is 5.40. The molecule has 0 radical (unpaired) electrons. The molecule has 0 aromatic rings. The molecule has 0 aliphatic heterocycles. The van der Waals surface area contributed by atoms with Gasteiger partial charge < -0.3 is 15.1 Å². The third-order valence-electron chi connectivity index (χ3n) is 6.84. The van der Waals surface area contributed by atoms with Gasteiger partial charge in [0.05, 0.1) is 5.92 Å². The number of hydrogen-bond donors (Lipinski definition) is 2. The number of thioether (sulfide) groups is 1. The third kappa shape index (κ3) is 18.7. The van der Waals surface area contributed by atoms with Crippen molar-refractivity contribution in [1.29, 1.82) is 0 Å². The maximum absolute atomic E-state index is 12.3. The Balaban J connectivity index is 4.15. The molecule has 3 unspecified atom stereocenters. The van der Waals surface area contributed by atoms with Crippen molar-refractivity contribution in [1.82, 2.24) is 4.90 Å². The number of likely N-dealkylation sites (N-methyl/N-ethyl adjacent to an activating group) is 1. The van der Waals surface area contributed by atoms with Crippen molar-refractivity contribution in [3.05, 3.63) is 11.6 Å². The van der Waals surface area contributed by atoms with Gasteiger partial charge in [0, 0.05) is 24.5 Å². The highest BCUT2D eigenvalue weighted by molar-refractivity contribution is 7.99. The molecule has 0 rings (SSSR count). The molecule has 36 heavy (non-hydrogen) atoms. The first-order valence-electron chi connectivity index (χ1n) is 13.9. The van der Waals surface area contributed by atoms with E-state index in [0.29, 0.717) is 5.75 Å².